The number of anilines is 1. The number of nitrogens with zero attached hydrogens (tertiary/aromatic N) is 3. The van der Waals surface area contributed by atoms with E-state index in [1.54, 1.807) is 12.1 Å². The van der Waals surface area contributed by atoms with Crippen LogP contribution in [0.25, 0.3) is 11.2 Å². The largest absolute Gasteiger partial charge is 0.467 e. The maximum absolute atomic E-state index is 14.3. The number of carbonyl (C=O) groups excluding carboxylic acids is 1. The summed E-state index contributed by atoms with van der Waals surface area (Å²) in [6.45, 7) is 6.64. The number of methoxy groups -OCH3 is 1. The zero-order valence-electron chi connectivity index (χ0n) is 19.5. The molecule has 6 nitrogen and oxygen atoms in total. The number of carbonyl (C=O) groups is 1. The van der Waals surface area contributed by atoms with Gasteiger partial charge in [-0.25, -0.2) is 23.5 Å². The van der Waals surface area contributed by atoms with Crippen LogP contribution < -0.4 is 5.32 Å². The Morgan fingerprint density at radius 2 is 1.82 bits per heavy atom. The van der Waals surface area contributed by atoms with Gasteiger partial charge in [-0.15, -0.1) is 0 Å². The number of nitrogens with one attached hydrogen (secondary N) is 1. The van der Waals surface area contributed by atoms with Crippen molar-refractivity contribution in [1.82, 2.24) is 14.5 Å². The Morgan fingerprint density at radius 3 is 2.50 bits per heavy atom. The molecule has 8 heteroatoms. The van der Waals surface area contributed by atoms with E-state index in [0.717, 1.165) is 58.4 Å². The number of hydrogen-bond acceptors (Lipinski definition) is 5. The van der Waals surface area contributed by atoms with Gasteiger partial charge in [0.15, 0.2) is 11.7 Å². The number of esters is 1. The maximum Gasteiger partial charge on any atom is 0.333 e. The van der Waals surface area contributed by atoms with Crippen LogP contribution in [0.5, 0.6) is 0 Å². The van der Waals surface area contributed by atoms with Gasteiger partial charge < -0.3 is 14.6 Å². The molecule has 4 rings (SSSR count). The molecule has 0 saturated carbocycles. The van der Waals surface area contributed by atoms with Crippen molar-refractivity contribution in [1.29, 1.82) is 0 Å². The number of rotatable bonds is 7. The number of pyridine rings is 1. The van der Waals surface area contributed by atoms with E-state index in [1.807, 2.05) is 32.0 Å². The molecule has 0 spiro atoms. The van der Waals surface area contributed by atoms with Gasteiger partial charge >= 0.3 is 5.97 Å². The molecule has 1 atom stereocenters. The van der Waals surface area contributed by atoms with E-state index in [0.29, 0.717) is 12.2 Å². The number of hydrogen-bond donors (Lipinski definition) is 1. The first-order valence-electron chi connectivity index (χ1n) is 11.0. The smallest absolute Gasteiger partial charge is 0.333 e. The molecule has 0 aliphatic carbocycles. The summed E-state index contributed by atoms with van der Waals surface area (Å²) in [7, 11) is 1.20. The van der Waals surface area contributed by atoms with E-state index in [-0.39, 0.29) is 5.56 Å². The Morgan fingerprint density at radius 1 is 1.09 bits per heavy atom. The minimum atomic E-state index is -1.19. The molecule has 0 saturated heterocycles. The quantitative estimate of drug-likeness (QED) is 0.378. The van der Waals surface area contributed by atoms with Crippen LogP contribution >= 0.6 is 0 Å². The highest BCUT2D eigenvalue weighted by Gasteiger charge is 2.25. The lowest BCUT2D eigenvalue weighted by molar-refractivity contribution is -0.141. The Labute approximate surface area is 196 Å². The third-order valence-corrected chi connectivity index (χ3v) is 5.73. The van der Waals surface area contributed by atoms with Gasteiger partial charge in [-0.3, -0.25) is 0 Å². The normalized spacial score (nSPS) is 12.1. The highest BCUT2D eigenvalue weighted by atomic mass is 19.1. The van der Waals surface area contributed by atoms with E-state index >= 15 is 0 Å². The molecule has 2 heterocycles. The van der Waals surface area contributed by atoms with Gasteiger partial charge in [-0.2, -0.15) is 0 Å². The SMILES string of the molecule is CCc1nc2c(C)cc(C)nc2n1Cc1ccc(NC(C(=O)OC)c2cc(F)ccc2F)cc1. The van der Waals surface area contributed by atoms with E-state index in [4.69, 9.17) is 14.7 Å². The summed E-state index contributed by atoms with van der Waals surface area (Å²) in [6.07, 6.45) is 0.772. The Bertz CT molecular complexity index is 1350. The third kappa shape index (κ3) is 4.62. The average Bonchev–Trinajstić information content (AvgIpc) is 3.17. The standard InChI is InChI=1S/C26H26F2N4O2/c1-5-22-31-23-15(2)12-16(3)29-25(23)32(22)14-17-6-9-19(10-7-17)30-24(26(33)34-4)20-13-18(27)8-11-21(20)28/h6-13,24,30H,5,14H2,1-4H3. The summed E-state index contributed by atoms with van der Waals surface area (Å²) in [4.78, 5) is 21.8. The summed E-state index contributed by atoms with van der Waals surface area (Å²) in [5, 5.41) is 2.95. The number of fused-ring (bicyclic) bond motifs is 1. The Kier molecular flexibility index (Phi) is 6.58. The van der Waals surface area contributed by atoms with Gasteiger partial charge in [0.1, 0.15) is 23.0 Å². The van der Waals surface area contributed by atoms with Crippen molar-refractivity contribution < 1.29 is 18.3 Å². The van der Waals surface area contributed by atoms with E-state index in [9.17, 15) is 13.6 Å². The molecule has 34 heavy (non-hydrogen) atoms. The minimum absolute atomic E-state index is 0.120. The maximum atomic E-state index is 14.3. The van der Waals surface area contributed by atoms with Gasteiger partial charge in [-0.1, -0.05) is 19.1 Å². The second-order valence-corrected chi connectivity index (χ2v) is 8.18. The number of aromatic nitrogens is 3. The fourth-order valence-electron chi connectivity index (χ4n) is 4.06. The molecule has 2 aromatic carbocycles. The van der Waals surface area contributed by atoms with Gasteiger partial charge in [0.2, 0.25) is 0 Å². The molecule has 0 aliphatic heterocycles. The van der Waals surface area contributed by atoms with E-state index in [1.165, 1.54) is 7.11 Å². The van der Waals surface area contributed by atoms with Crippen LogP contribution in [0.2, 0.25) is 0 Å². The molecule has 4 aromatic rings. The molecule has 0 amide bonds. The minimum Gasteiger partial charge on any atom is -0.467 e. The van der Waals surface area contributed by atoms with E-state index in [2.05, 4.69) is 16.8 Å². The molecule has 1 unspecified atom stereocenters. The summed E-state index contributed by atoms with van der Waals surface area (Å²) in [6, 6.07) is 11.2. The van der Waals surface area contributed by atoms with Crippen molar-refractivity contribution in [2.75, 3.05) is 12.4 Å². The lowest BCUT2D eigenvalue weighted by atomic mass is 10.1. The molecule has 0 fully saturated rings. The summed E-state index contributed by atoms with van der Waals surface area (Å²) in [5.74, 6) is -1.10. The summed E-state index contributed by atoms with van der Waals surface area (Å²) < 4.78 is 34.9. The van der Waals surface area contributed by atoms with Crippen LogP contribution in [0, 0.1) is 25.5 Å². The van der Waals surface area contributed by atoms with Crippen molar-refractivity contribution >= 4 is 22.8 Å². The van der Waals surface area contributed by atoms with Crippen molar-refractivity contribution in [2.24, 2.45) is 0 Å². The highest BCUT2D eigenvalue weighted by molar-refractivity contribution is 5.81. The van der Waals surface area contributed by atoms with Crippen LogP contribution in [0.4, 0.5) is 14.5 Å². The van der Waals surface area contributed by atoms with Crippen LogP contribution in [0.3, 0.4) is 0 Å². The topological polar surface area (TPSA) is 69.0 Å². The van der Waals surface area contributed by atoms with Gasteiger partial charge in [0.25, 0.3) is 0 Å². The first kappa shape index (κ1) is 23.4. The van der Waals surface area contributed by atoms with Crippen molar-refractivity contribution in [3.8, 4) is 0 Å². The molecular formula is C26H26F2N4O2. The number of imidazole rings is 1. The average molecular weight is 465 g/mol. The van der Waals surface area contributed by atoms with Crippen molar-refractivity contribution in [3.05, 3.63) is 88.4 Å². The monoisotopic (exact) mass is 464 g/mol. The second kappa shape index (κ2) is 9.59. The third-order valence-electron chi connectivity index (χ3n) is 5.73. The number of ether oxygens (including phenoxy) is 1. The molecule has 0 radical (unpaired) electrons. The van der Waals surface area contributed by atoms with Gasteiger partial charge in [-0.05, 0) is 61.4 Å². The van der Waals surface area contributed by atoms with Crippen molar-refractivity contribution in [3.63, 3.8) is 0 Å². The molecule has 0 aliphatic rings. The fraction of sp³-hybridized carbons (Fsp3) is 0.269. The molecule has 176 valence electrons. The molecule has 1 N–H and O–H groups in total. The lowest BCUT2D eigenvalue weighted by Gasteiger charge is -2.19. The van der Waals surface area contributed by atoms with Gasteiger partial charge in [0.05, 0.1) is 13.7 Å². The summed E-state index contributed by atoms with van der Waals surface area (Å²) in [5.41, 5.74) is 5.24. The number of benzene rings is 2. The van der Waals surface area contributed by atoms with E-state index < -0.39 is 23.6 Å². The van der Waals surface area contributed by atoms with Crippen LogP contribution in [0.1, 0.15) is 41.2 Å². The zero-order valence-corrected chi connectivity index (χ0v) is 19.5. The lowest BCUT2D eigenvalue weighted by Crippen LogP contribution is -2.23. The Balaban J connectivity index is 1.61. The predicted octanol–water partition coefficient (Wildman–Crippen LogP) is 5.26. The number of halogens is 2. The predicted molar refractivity (Wildman–Crippen MR) is 127 cm³/mol. The van der Waals surface area contributed by atoms with Crippen LogP contribution in [-0.2, 0) is 22.5 Å². The van der Waals surface area contributed by atoms with Gasteiger partial charge in [0, 0.05) is 23.4 Å². The fourth-order valence-corrected chi connectivity index (χ4v) is 4.06. The second-order valence-electron chi connectivity index (χ2n) is 8.18. The summed E-state index contributed by atoms with van der Waals surface area (Å²) >= 11 is 0. The molecular weight excluding hydrogens is 438 g/mol. The molecule has 2 aromatic heterocycles. The highest BCUT2D eigenvalue weighted by Crippen LogP contribution is 2.26. The zero-order chi connectivity index (χ0) is 24.4. The Hall–Kier alpha value is -3.81. The molecule has 0 bridgehead atoms. The number of aryl methyl sites for hydroxylation is 3. The van der Waals surface area contributed by atoms with Crippen LogP contribution in [0.15, 0.2) is 48.5 Å². The van der Waals surface area contributed by atoms with Crippen LogP contribution in [-0.4, -0.2) is 27.6 Å². The van der Waals surface area contributed by atoms with Crippen molar-refractivity contribution in [2.45, 2.75) is 39.8 Å². The first-order chi connectivity index (χ1) is 16.3. The first-order valence-corrected chi connectivity index (χ1v) is 11.0.